The van der Waals surface area contributed by atoms with Crippen molar-refractivity contribution in [1.82, 2.24) is 15.5 Å². The quantitative estimate of drug-likeness (QED) is 0.753. The summed E-state index contributed by atoms with van der Waals surface area (Å²) in [6.45, 7) is 4.79. The molecular weight excluding hydrogens is 178 g/mol. The van der Waals surface area contributed by atoms with Crippen molar-refractivity contribution in [2.45, 2.75) is 32.4 Å². The molecular formula is C10H17N3O. The Morgan fingerprint density at radius 3 is 3.29 bits per heavy atom. The number of nitrogens with one attached hydrogen (secondary N) is 2. The molecule has 0 aromatic carbocycles. The Labute approximate surface area is 84.0 Å². The molecule has 0 radical (unpaired) electrons. The van der Waals surface area contributed by atoms with E-state index in [1.54, 1.807) is 0 Å². The van der Waals surface area contributed by atoms with Crippen LogP contribution in [0.1, 0.15) is 24.1 Å². The third-order valence-corrected chi connectivity index (χ3v) is 2.65. The van der Waals surface area contributed by atoms with Crippen LogP contribution in [0, 0.1) is 6.92 Å². The summed E-state index contributed by atoms with van der Waals surface area (Å²) in [6, 6.07) is 0. The number of aryl methyl sites for hydroxylation is 1. The summed E-state index contributed by atoms with van der Waals surface area (Å²) in [5.41, 5.74) is 2.38. The third kappa shape index (κ3) is 2.33. The summed E-state index contributed by atoms with van der Waals surface area (Å²) in [5.74, 6) is 0. The molecule has 1 aromatic rings. The maximum absolute atomic E-state index is 5.52. The van der Waals surface area contributed by atoms with E-state index in [0.717, 1.165) is 25.4 Å². The van der Waals surface area contributed by atoms with Gasteiger partial charge in [-0.15, -0.1) is 0 Å². The van der Waals surface area contributed by atoms with Crippen molar-refractivity contribution in [2.75, 3.05) is 13.2 Å². The van der Waals surface area contributed by atoms with Gasteiger partial charge in [-0.05, 0) is 19.8 Å². The molecule has 0 spiro atoms. The predicted molar refractivity (Wildman–Crippen MR) is 54.0 cm³/mol. The Hall–Kier alpha value is -0.870. The van der Waals surface area contributed by atoms with Crippen molar-refractivity contribution in [1.29, 1.82) is 0 Å². The molecule has 1 atom stereocenters. The topological polar surface area (TPSA) is 49.9 Å². The Kier molecular flexibility index (Phi) is 3.16. The molecule has 1 aliphatic rings. The first kappa shape index (κ1) is 9.68. The average molecular weight is 195 g/mol. The number of aromatic amines is 1. The number of ether oxygens (including phenoxy) is 1. The average Bonchev–Trinajstić information content (AvgIpc) is 2.78. The molecule has 1 saturated heterocycles. The molecule has 1 aromatic heterocycles. The number of H-pyrrole nitrogens is 1. The fourth-order valence-corrected chi connectivity index (χ4v) is 1.73. The van der Waals surface area contributed by atoms with Crippen LogP contribution in [-0.2, 0) is 11.3 Å². The molecule has 0 bridgehead atoms. The van der Waals surface area contributed by atoms with Gasteiger partial charge in [-0.25, -0.2) is 0 Å². The molecule has 2 rings (SSSR count). The van der Waals surface area contributed by atoms with Gasteiger partial charge in [-0.2, -0.15) is 5.10 Å². The molecule has 1 aliphatic heterocycles. The van der Waals surface area contributed by atoms with Crippen LogP contribution in [0.15, 0.2) is 6.20 Å². The maximum atomic E-state index is 5.52. The van der Waals surface area contributed by atoms with E-state index in [9.17, 15) is 0 Å². The van der Waals surface area contributed by atoms with E-state index < -0.39 is 0 Å². The van der Waals surface area contributed by atoms with E-state index in [4.69, 9.17) is 4.74 Å². The number of aromatic nitrogens is 2. The first-order valence-electron chi connectivity index (χ1n) is 5.17. The molecule has 78 valence electrons. The van der Waals surface area contributed by atoms with Gasteiger partial charge in [0.05, 0.1) is 12.3 Å². The monoisotopic (exact) mass is 195 g/mol. The van der Waals surface area contributed by atoms with E-state index in [1.165, 1.54) is 18.4 Å². The van der Waals surface area contributed by atoms with Crippen LogP contribution in [0.2, 0.25) is 0 Å². The zero-order valence-electron chi connectivity index (χ0n) is 8.55. The van der Waals surface area contributed by atoms with E-state index in [2.05, 4.69) is 15.5 Å². The van der Waals surface area contributed by atoms with Crippen LogP contribution in [0.25, 0.3) is 0 Å². The molecule has 4 nitrogen and oxygen atoms in total. The van der Waals surface area contributed by atoms with Crippen LogP contribution >= 0.6 is 0 Å². The highest BCUT2D eigenvalue weighted by molar-refractivity contribution is 5.13. The Morgan fingerprint density at radius 1 is 1.71 bits per heavy atom. The summed E-state index contributed by atoms with van der Waals surface area (Å²) >= 11 is 0. The largest absolute Gasteiger partial charge is 0.377 e. The lowest BCUT2D eigenvalue weighted by Crippen LogP contribution is -2.25. The molecule has 0 unspecified atom stereocenters. The van der Waals surface area contributed by atoms with Crippen molar-refractivity contribution in [3.05, 3.63) is 17.5 Å². The zero-order valence-corrected chi connectivity index (χ0v) is 8.55. The van der Waals surface area contributed by atoms with Gasteiger partial charge in [0.25, 0.3) is 0 Å². The van der Waals surface area contributed by atoms with Crippen molar-refractivity contribution < 1.29 is 4.74 Å². The Morgan fingerprint density at radius 2 is 2.64 bits per heavy atom. The highest BCUT2D eigenvalue weighted by Crippen LogP contribution is 2.11. The highest BCUT2D eigenvalue weighted by Gasteiger charge is 2.14. The Balaban J connectivity index is 1.70. The molecule has 2 heterocycles. The summed E-state index contributed by atoms with van der Waals surface area (Å²) in [4.78, 5) is 0. The second-order valence-corrected chi connectivity index (χ2v) is 3.79. The summed E-state index contributed by atoms with van der Waals surface area (Å²) in [7, 11) is 0. The van der Waals surface area contributed by atoms with Crippen molar-refractivity contribution >= 4 is 0 Å². The van der Waals surface area contributed by atoms with Crippen LogP contribution in [0.4, 0.5) is 0 Å². The van der Waals surface area contributed by atoms with Gasteiger partial charge in [-0.1, -0.05) is 0 Å². The van der Waals surface area contributed by atoms with Crippen molar-refractivity contribution in [3.63, 3.8) is 0 Å². The lowest BCUT2D eigenvalue weighted by atomic mass is 10.2. The van der Waals surface area contributed by atoms with E-state index in [1.807, 2.05) is 13.1 Å². The molecule has 2 N–H and O–H groups in total. The summed E-state index contributed by atoms with van der Waals surface area (Å²) < 4.78 is 5.52. The van der Waals surface area contributed by atoms with E-state index in [0.29, 0.717) is 6.10 Å². The SMILES string of the molecule is Cc1[nH]ncc1CNC[C@@H]1CCCO1. The molecule has 4 heteroatoms. The fraction of sp³-hybridized carbons (Fsp3) is 0.700. The van der Waals surface area contributed by atoms with Crippen molar-refractivity contribution in [2.24, 2.45) is 0 Å². The van der Waals surface area contributed by atoms with Crippen LogP contribution < -0.4 is 5.32 Å². The lowest BCUT2D eigenvalue weighted by Gasteiger charge is -2.09. The summed E-state index contributed by atoms with van der Waals surface area (Å²) in [5, 5.41) is 10.3. The van der Waals surface area contributed by atoms with Crippen molar-refractivity contribution in [3.8, 4) is 0 Å². The second kappa shape index (κ2) is 4.57. The van der Waals surface area contributed by atoms with Gasteiger partial charge in [0.2, 0.25) is 0 Å². The second-order valence-electron chi connectivity index (χ2n) is 3.79. The molecule has 0 saturated carbocycles. The molecule has 1 fully saturated rings. The molecule has 0 amide bonds. The van der Waals surface area contributed by atoms with Crippen LogP contribution in [0.5, 0.6) is 0 Å². The standard InChI is InChI=1S/C10H17N3O/c1-8-9(6-12-13-8)5-11-7-10-3-2-4-14-10/h6,10-11H,2-5,7H2,1H3,(H,12,13)/t10-/m0/s1. The van der Waals surface area contributed by atoms with Gasteiger partial charge in [-0.3, -0.25) is 5.10 Å². The maximum Gasteiger partial charge on any atom is 0.0700 e. The fourth-order valence-electron chi connectivity index (χ4n) is 1.73. The normalized spacial score (nSPS) is 21.6. The first-order valence-corrected chi connectivity index (χ1v) is 5.17. The van der Waals surface area contributed by atoms with Crippen LogP contribution in [-0.4, -0.2) is 29.5 Å². The first-order chi connectivity index (χ1) is 6.86. The van der Waals surface area contributed by atoms with Gasteiger partial charge < -0.3 is 10.1 Å². The molecule has 0 aliphatic carbocycles. The highest BCUT2D eigenvalue weighted by atomic mass is 16.5. The minimum atomic E-state index is 0.419. The minimum absolute atomic E-state index is 0.419. The van der Waals surface area contributed by atoms with Gasteiger partial charge >= 0.3 is 0 Å². The van der Waals surface area contributed by atoms with E-state index in [-0.39, 0.29) is 0 Å². The molecule has 14 heavy (non-hydrogen) atoms. The summed E-state index contributed by atoms with van der Waals surface area (Å²) in [6.07, 6.45) is 4.69. The Bertz CT molecular complexity index is 279. The number of hydrogen-bond acceptors (Lipinski definition) is 3. The number of rotatable bonds is 4. The lowest BCUT2D eigenvalue weighted by molar-refractivity contribution is 0.110. The zero-order chi connectivity index (χ0) is 9.80. The number of hydrogen-bond donors (Lipinski definition) is 2. The van der Waals surface area contributed by atoms with E-state index >= 15 is 0 Å². The third-order valence-electron chi connectivity index (χ3n) is 2.65. The smallest absolute Gasteiger partial charge is 0.0700 e. The van der Waals surface area contributed by atoms with Gasteiger partial charge in [0, 0.05) is 31.0 Å². The van der Waals surface area contributed by atoms with Gasteiger partial charge in [0.1, 0.15) is 0 Å². The minimum Gasteiger partial charge on any atom is -0.377 e. The van der Waals surface area contributed by atoms with Crippen LogP contribution in [0.3, 0.4) is 0 Å². The van der Waals surface area contributed by atoms with Gasteiger partial charge in [0.15, 0.2) is 0 Å². The predicted octanol–water partition coefficient (Wildman–Crippen LogP) is 0.987. The number of nitrogens with zero attached hydrogens (tertiary/aromatic N) is 1.